The molecule has 1 rings (SSSR count). The first-order valence-electron chi connectivity index (χ1n) is 4.31. The Morgan fingerprint density at radius 2 is 2.50 bits per heavy atom. The normalized spacial score (nSPS) is 27.8. The van der Waals surface area contributed by atoms with E-state index in [-0.39, 0.29) is 5.92 Å². The fraction of sp³-hybridized carbons (Fsp3) is 0.875. The Morgan fingerprint density at radius 3 is 3.08 bits per heavy atom. The zero-order chi connectivity index (χ0) is 8.97. The molecule has 1 saturated heterocycles. The highest BCUT2D eigenvalue weighted by atomic mass is 32.2. The van der Waals surface area contributed by atoms with Crippen LogP contribution in [0.5, 0.6) is 0 Å². The van der Waals surface area contributed by atoms with Gasteiger partial charge in [0.2, 0.25) is 0 Å². The van der Waals surface area contributed by atoms with Gasteiger partial charge in [-0.15, -0.1) is 0 Å². The average molecular weight is 186 g/mol. The van der Waals surface area contributed by atoms with Crippen LogP contribution in [0.1, 0.15) is 19.8 Å². The van der Waals surface area contributed by atoms with Crippen LogP contribution < -0.4 is 0 Å². The molecule has 1 heterocycles. The minimum Gasteiger partial charge on any atom is -0.243 e. The van der Waals surface area contributed by atoms with Gasteiger partial charge in [0.25, 0.3) is 0 Å². The first-order valence-corrected chi connectivity index (χ1v) is 5.58. The SMILES string of the molecule is CCS(=O)N1CCCC(C#N)C1. The molecule has 4 heteroatoms. The highest BCUT2D eigenvalue weighted by Gasteiger charge is 2.22. The van der Waals surface area contributed by atoms with Crippen molar-refractivity contribution in [3.8, 4) is 6.07 Å². The summed E-state index contributed by atoms with van der Waals surface area (Å²) in [6.07, 6.45) is 1.97. The van der Waals surface area contributed by atoms with E-state index in [4.69, 9.17) is 5.26 Å². The second-order valence-electron chi connectivity index (χ2n) is 2.97. The summed E-state index contributed by atoms with van der Waals surface area (Å²) in [5.74, 6) is 0.757. The van der Waals surface area contributed by atoms with E-state index in [9.17, 15) is 4.21 Å². The Bertz CT molecular complexity index is 212. The minimum atomic E-state index is -0.854. The summed E-state index contributed by atoms with van der Waals surface area (Å²) in [6.45, 7) is 3.49. The first kappa shape index (κ1) is 9.69. The van der Waals surface area contributed by atoms with Crippen LogP contribution in [-0.4, -0.2) is 27.4 Å². The summed E-state index contributed by atoms with van der Waals surface area (Å²) >= 11 is 0. The third-order valence-electron chi connectivity index (χ3n) is 2.10. The van der Waals surface area contributed by atoms with Crippen molar-refractivity contribution in [3.63, 3.8) is 0 Å². The summed E-state index contributed by atoms with van der Waals surface area (Å²) in [6, 6.07) is 2.24. The van der Waals surface area contributed by atoms with Crippen molar-refractivity contribution >= 4 is 11.0 Å². The molecule has 68 valence electrons. The summed E-state index contributed by atoms with van der Waals surface area (Å²) < 4.78 is 13.3. The van der Waals surface area contributed by atoms with Crippen LogP contribution in [-0.2, 0) is 11.0 Å². The van der Waals surface area contributed by atoms with Crippen molar-refractivity contribution < 1.29 is 4.21 Å². The van der Waals surface area contributed by atoms with E-state index in [1.807, 2.05) is 11.2 Å². The molecule has 0 saturated carbocycles. The first-order chi connectivity index (χ1) is 5.77. The molecule has 0 aromatic heterocycles. The molecule has 2 unspecified atom stereocenters. The topological polar surface area (TPSA) is 44.1 Å². The second kappa shape index (κ2) is 4.58. The second-order valence-corrected chi connectivity index (χ2v) is 4.70. The molecular weight excluding hydrogens is 172 g/mol. The van der Waals surface area contributed by atoms with Crippen LogP contribution in [0.4, 0.5) is 0 Å². The smallest absolute Gasteiger partial charge is 0.0940 e. The molecule has 0 amide bonds. The Kier molecular flexibility index (Phi) is 3.70. The van der Waals surface area contributed by atoms with Crippen molar-refractivity contribution in [2.75, 3.05) is 18.8 Å². The minimum absolute atomic E-state index is 0.0919. The standard InChI is InChI=1S/C8H14N2OS/c1-2-12(11)10-5-3-4-8(6-9)7-10/h8H,2-5,7H2,1H3. The Balaban J connectivity index is 2.47. The fourth-order valence-electron chi connectivity index (χ4n) is 1.42. The number of nitrogens with zero attached hydrogens (tertiary/aromatic N) is 2. The lowest BCUT2D eigenvalue weighted by molar-refractivity contribution is 0.319. The van der Waals surface area contributed by atoms with E-state index in [0.717, 1.165) is 19.4 Å². The third-order valence-corrected chi connectivity index (χ3v) is 3.50. The van der Waals surface area contributed by atoms with Gasteiger partial charge in [0.05, 0.1) is 23.0 Å². The van der Waals surface area contributed by atoms with Gasteiger partial charge in [0.1, 0.15) is 0 Å². The number of piperidine rings is 1. The fourth-order valence-corrected chi connectivity index (χ4v) is 2.46. The summed E-state index contributed by atoms with van der Waals surface area (Å²) in [5.41, 5.74) is 0. The van der Waals surface area contributed by atoms with E-state index in [1.165, 1.54) is 0 Å². The van der Waals surface area contributed by atoms with Gasteiger partial charge in [-0.25, -0.2) is 8.51 Å². The molecule has 0 aromatic rings. The monoisotopic (exact) mass is 186 g/mol. The van der Waals surface area contributed by atoms with Crippen LogP contribution in [0.3, 0.4) is 0 Å². The molecular formula is C8H14N2OS. The van der Waals surface area contributed by atoms with Gasteiger partial charge in [-0.2, -0.15) is 5.26 Å². The van der Waals surface area contributed by atoms with Crippen LogP contribution in [0.2, 0.25) is 0 Å². The number of hydrogen-bond donors (Lipinski definition) is 0. The molecule has 0 aromatic carbocycles. The number of rotatable bonds is 2. The lowest BCUT2D eigenvalue weighted by atomic mass is 10.0. The van der Waals surface area contributed by atoms with Crippen LogP contribution in [0, 0.1) is 17.2 Å². The van der Waals surface area contributed by atoms with Crippen molar-refractivity contribution in [3.05, 3.63) is 0 Å². The van der Waals surface area contributed by atoms with Crippen molar-refractivity contribution in [1.82, 2.24) is 4.31 Å². The Hall–Kier alpha value is -0.400. The Morgan fingerprint density at radius 1 is 1.75 bits per heavy atom. The maximum atomic E-state index is 11.4. The number of nitriles is 1. The van der Waals surface area contributed by atoms with Gasteiger partial charge in [-0.1, -0.05) is 6.92 Å². The molecule has 1 aliphatic rings. The van der Waals surface area contributed by atoms with Gasteiger partial charge >= 0.3 is 0 Å². The molecule has 3 nitrogen and oxygen atoms in total. The van der Waals surface area contributed by atoms with E-state index in [1.54, 1.807) is 0 Å². The number of hydrogen-bond acceptors (Lipinski definition) is 2. The van der Waals surface area contributed by atoms with Gasteiger partial charge in [-0.3, -0.25) is 0 Å². The molecule has 0 radical (unpaired) electrons. The molecule has 1 aliphatic heterocycles. The summed E-state index contributed by atoms with van der Waals surface area (Å²) in [5, 5.41) is 8.69. The van der Waals surface area contributed by atoms with Gasteiger partial charge in [-0.05, 0) is 12.8 Å². The van der Waals surface area contributed by atoms with Gasteiger partial charge in [0, 0.05) is 18.8 Å². The van der Waals surface area contributed by atoms with Crippen LogP contribution in [0.15, 0.2) is 0 Å². The lowest BCUT2D eigenvalue weighted by Gasteiger charge is -2.27. The van der Waals surface area contributed by atoms with Crippen LogP contribution in [0.25, 0.3) is 0 Å². The molecule has 0 aliphatic carbocycles. The molecule has 2 atom stereocenters. The summed E-state index contributed by atoms with van der Waals surface area (Å²) in [7, 11) is -0.854. The maximum absolute atomic E-state index is 11.4. The largest absolute Gasteiger partial charge is 0.243 e. The van der Waals surface area contributed by atoms with Gasteiger partial charge < -0.3 is 0 Å². The summed E-state index contributed by atoms with van der Waals surface area (Å²) in [4.78, 5) is 0. The predicted octanol–water partition coefficient (Wildman–Crippen LogP) is 0.906. The lowest BCUT2D eigenvalue weighted by Crippen LogP contribution is -2.36. The Labute approximate surface area is 76.0 Å². The van der Waals surface area contributed by atoms with Crippen molar-refractivity contribution in [2.45, 2.75) is 19.8 Å². The quantitative estimate of drug-likeness (QED) is 0.643. The molecule has 0 spiro atoms. The van der Waals surface area contributed by atoms with E-state index in [2.05, 4.69) is 6.07 Å². The highest BCUT2D eigenvalue weighted by molar-refractivity contribution is 7.82. The van der Waals surface area contributed by atoms with Gasteiger partial charge in [0.15, 0.2) is 0 Å². The molecule has 1 fully saturated rings. The highest BCUT2D eigenvalue weighted by Crippen LogP contribution is 2.16. The average Bonchev–Trinajstić information content (AvgIpc) is 2.17. The van der Waals surface area contributed by atoms with E-state index < -0.39 is 11.0 Å². The zero-order valence-electron chi connectivity index (χ0n) is 7.32. The molecule has 0 bridgehead atoms. The maximum Gasteiger partial charge on any atom is 0.0940 e. The van der Waals surface area contributed by atoms with Crippen LogP contribution >= 0.6 is 0 Å². The van der Waals surface area contributed by atoms with E-state index in [0.29, 0.717) is 12.3 Å². The predicted molar refractivity (Wildman–Crippen MR) is 48.6 cm³/mol. The van der Waals surface area contributed by atoms with Crippen molar-refractivity contribution in [1.29, 1.82) is 5.26 Å². The van der Waals surface area contributed by atoms with E-state index >= 15 is 0 Å². The molecule has 12 heavy (non-hydrogen) atoms. The molecule has 0 N–H and O–H groups in total. The third kappa shape index (κ3) is 2.29. The van der Waals surface area contributed by atoms with Crippen molar-refractivity contribution in [2.24, 2.45) is 5.92 Å². The zero-order valence-corrected chi connectivity index (χ0v) is 8.14.